The van der Waals surface area contributed by atoms with Crippen molar-refractivity contribution in [1.29, 1.82) is 0 Å². The SMILES string of the molecule is CC(=O)OC1N=C(c2ccccc2Cl)c2cc(Br)sc2-n2c(C)nnc21. The van der Waals surface area contributed by atoms with Crippen molar-refractivity contribution in [2.24, 2.45) is 4.99 Å². The van der Waals surface area contributed by atoms with Gasteiger partial charge in [0.2, 0.25) is 5.82 Å². The van der Waals surface area contributed by atoms with E-state index in [0.717, 1.165) is 19.9 Å². The number of aromatic nitrogens is 3. The van der Waals surface area contributed by atoms with Crippen LogP contribution in [0.1, 0.15) is 35.9 Å². The Labute approximate surface area is 166 Å². The number of carbonyl (C=O) groups excluding carboxylic acids is 1. The number of esters is 1. The molecule has 0 saturated carbocycles. The average Bonchev–Trinajstić information content (AvgIpc) is 3.11. The lowest BCUT2D eigenvalue weighted by atomic mass is 10.0. The summed E-state index contributed by atoms with van der Waals surface area (Å²) in [5.74, 6) is 0.689. The smallest absolute Gasteiger partial charge is 0.304 e. The molecule has 1 atom stereocenters. The van der Waals surface area contributed by atoms with Crippen LogP contribution < -0.4 is 0 Å². The van der Waals surface area contributed by atoms with E-state index in [0.29, 0.717) is 22.4 Å². The summed E-state index contributed by atoms with van der Waals surface area (Å²) in [7, 11) is 0. The van der Waals surface area contributed by atoms with Crippen LogP contribution in [-0.4, -0.2) is 26.4 Å². The number of carbonyl (C=O) groups is 1. The van der Waals surface area contributed by atoms with Crippen LogP contribution >= 0.6 is 38.9 Å². The number of thiophene rings is 1. The number of benzene rings is 1. The van der Waals surface area contributed by atoms with E-state index in [4.69, 9.17) is 21.3 Å². The lowest BCUT2D eigenvalue weighted by molar-refractivity contribution is -0.146. The van der Waals surface area contributed by atoms with Gasteiger partial charge in [0.25, 0.3) is 6.23 Å². The van der Waals surface area contributed by atoms with Crippen molar-refractivity contribution in [2.45, 2.75) is 20.1 Å². The first-order valence-corrected chi connectivity index (χ1v) is 9.66. The summed E-state index contributed by atoms with van der Waals surface area (Å²) in [4.78, 5) is 16.3. The molecule has 0 N–H and O–H groups in total. The molecule has 9 heteroatoms. The van der Waals surface area contributed by atoms with Crippen LogP contribution in [0.4, 0.5) is 0 Å². The van der Waals surface area contributed by atoms with Crippen LogP contribution in [0.3, 0.4) is 0 Å². The second kappa shape index (κ2) is 6.61. The van der Waals surface area contributed by atoms with Gasteiger partial charge in [0.15, 0.2) is 0 Å². The van der Waals surface area contributed by atoms with Gasteiger partial charge in [0.05, 0.1) is 9.50 Å². The van der Waals surface area contributed by atoms with Crippen molar-refractivity contribution in [2.75, 3.05) is 0 Å². The molecule has 132 valence electrons. The Bertz CT molecular complexity index is 1060. The summed E-state index contributed by atoms with van der Waals surface area (Å²) >= 11 is 11.5. The number of aryl methyl sites for hydroxylation is 1. The van der Waals surface area contributed by atoms with E-state index in [-0.39, 0.29) is 0 Å². The molecule has 3 heterocycles. The minimum atomic E-state index is -0.904. The van der Waals surface area contributed by atoms with E-state index < -0.39 is 12.2 Å². The molecule has 1 aliphatic rings. The summed E-state index contributed by atoms with van der Waals surface area (Å²) in [6.07, 6.45) is -0.904. The molecule has 0 amide bonds. The average molecular weight is 452 g/mol. The topological polar surface area (TPSA) is 69.4 Å². The minimum Gasteiger partial charge on any atom is -0.432 e. The highest BCUT2D eigenvalue weighted by atomic mass is 79.9. The molecule has 3 aromatic rings. The number of ether oxygens (including phenoxy) is 1. The number of rotatable bonds is 2. The maximum atomic E-state index is 11.6. The third kappa shape index (κ3) is 2.87. The van der Waals surface area contributed by atoms with Crippen LogP contribution in [0.5, 0.6) is 0 Å². The molecule has 4 rings (SSSR count). The summed E-state index contributed by atoms with van der Waals surface area (Å²) in [6, 6.07) is 9.41. The molecule has 0 fully saturated rings. The predicted octanol–water partition coefficient (Wildman–Crippen LogP) is 4.47. The number of halogens is 2. The van der Waals surface area contributed by atoms with E-state index in [2.05, 4.69) is 26.1 Å². The Morgan fingerprint density at radius 3 is 2.81 bits per heavy atom. The number of hydrogen-bond acceptors (Lipinski definition) is 6. The third-order valence-corrected chi connectivity index (χ3v) is 5.82. The van der Waals surface area contributed by atoms with Gasteiger partial charge in [-0.1, -0.05) is 29.8 Å². The molecule has 1 aromatic carbocycles. The quantitative estimate of drug-likeness (QED) is 0.539. The third-order valence-electron chi connectivity index (χ3n) is 3.86. The summed E-state index contributed by atoms with van der Waals surface area (Å²) < 4.78 is 8.24. The van der Waals surface area contributed by atoms with Gasteiger partial charge in [-0.25, -0.2) is 4.99 Å². The molecule has 1 unspecified atom stereocenters. The Balaban J connectivity index is 2.03. The number of nitrogens with zero attached hydrogens (tertiary/aromatic N) is 4. The van der Waals surface area contributed by atoms with Crippen molar-refractivity contribution in [3.05, 3.63) is 61.9 Å². The molecule has 0 radical (unpaired) electrons. The molecule has 0 saturated heterocycles. The van der Waals surface area contributed by atoms with Crippen molar-refractivity contribution in [1.82, 2.24) is 14.8 Å². The molecule has 0 aliphatic carbocycles. The Morgan fingerprint density at radius 1 is 1.31 bits per heavy atom. The predicted molar refractivity (Wildman–Crippen MR) is 103 cm³/mol. The molecule has 26 heavy (non-hydrogen) atoms. The first kappa shape index (κ1) is 17.4. The van der Waals surface area contributed by atoms with Crippen molar-refractivity contribution < 1.29 is 9.53 Å². The highest BCUT2D eigenvalue weighted by Crippen LogP contribution is 2.39. The van der Waals surface area contributed by atoms with Crippen LogP contribution in [0.25, 0.3) is 5.00 Å². The molecule has 0 spiro atoms. The lowest BCUT2D eigenvalue weighted by Gasteiger charge is -2.12. The fraction of sp³-hybridized carbons (Fsp3) is 0.176. The second-order valence-electron chi connectivity index (χ2n) is 5.63. The molecule has 1 aliphatic heterocycles. The zero-order valence-electron chi connectivity index (χ0n) is 13.7. The Morgan fingerprint density at radius 2 is 2.08 bits per heavy atom. The van der Waals surface area contributed by atoms with Crippen molar-refractivity contribution in [3.63, 3.8) is 0 Å². The maximum Gasteiger partial charge on any atom is 0.304 e. The minimum absolute atomic E-state index is 0.448. The van der Waals surface area contributed by atoms with Gasteiger partial charge in [-0.2, -0.15) is 0 Å². The van der Waals surface area contributed by atoms with Gasteiger partial charge < -0.3 is 4.74 Å². The number of fused-ring (bicyclic) bond motifs is 3. The number of hydrogen-bond donors (Lipinski definition) is 0. The monoisotopic (exact) mass is 450 g/mol. The zero-order valence-corrected chi connectivity index (χ0v) is 16.9. The molecular formula is C17H12BrClN4O2S. The van der Waals surface area contributed by atoms with Crippen LogP contribution in [0.15, 0.2) is 39.1 Å². The van der Waals surface area contributed by atoms with Crippen LogP contribution in [-0.2, 0) is 9.53 Å². The van der Waals surface area contributed by atoms with E-state index >= 15 is 0 Å². The van der Waals surface area contributed by atoms with Gasteiger partial charge in [-0.3, -0.25) is 9.36 Å². The van der Waals surface area contributed by atoms with Crippen LogP contribution in [0, 0.1) is 6.92 Å². The van der Waals surface area contributed by atoms with Crippen LogP contribution in [0.2, 0.25) is 5.02 Å². The fourth-order valence-electron chi connectivity index (χ4n) is 2.83. The summed E-state index contributed by atoms with van der Waals surface area (Å²) in [5, 5.41) is 9.79. The van der Waals surface area contributed by atoms with E-state index in [1.165, 1.54) is 18.3 Å². The maximum absolute atomic E-state index is 11.6. The summed E-state index contributed by atoms with van der Waals surface area (Å²) in [6.45, 7) is 3.19. The van der Waals surface area contributed by atoms with E-state index in [9.17, 15) is 4.79 Å². The van der Waals surface area contributed by atoms with Gasteiger partial charge in [0.1, 0.15) is 10.8 Å². The largest absolute Gasteiger partial charge is 0.432 e. The molecule has 0 bridgehead atoms. The molecular weight excluding hydrogens is 440 g/mol. The van der Waals surface area contributed by atoms with Gasteiger partial charge in [-0.05, 0) is 35.0 Å². The van der Waals surface area contributed by atoms with E-state index in [1.807, 2.05) is 35.8 Å². The standard InChI is InChI=1S/C17H12BrClN4O2S/c1-8-21-22-15-16(25-9(2)24)20-14(10-5-3-4-6-12(10)19)11-7-13(18)26-17(11)23(8)15/h3-7,16H,1-2H3. The van der Waals surface area contributed by atoms with Crippen molar-refractivity contribution in [3.8, 4) is 5.00 Å². The zero-order chi connectivity index (χ0) is 18.4. The number of aliphatic imine (C=N–C) groups is 1. The fourth-order valence-corrected chi connectivity index (χ4v) is 4.68. The van der Waals surface area contributed by atoms with Gasteiger partial charge in [-0.15, -0.1) is 21.5 Å². The first-order valence-electron chi connectivity index (χ1n) is 7.67. The molecule has 2 aromatic heterocycles. The first-order chi connectivity index (χ1) is 12.5. The van der Waals surface area contributed by atoms with Gasteiger partial charge in [0, 0.05) is 23.1 Å². The molecule has 6 nitrogen and oxygen atoms in total. The second-order valence-corrected chi connectivity index (χ2v) is 8.45. The Kier molecular flexibility index (Phi) is 4.42. The highest BCUT2D eigenvalue weighted by molar-refractivity contribution is 9.11. The normalized spacial score (nSPS) is 15.7. The highest BCUT2D eigenvalue weighted by Gasteiger charge is 2.31. The Hall–Kier alpha value is -2.03. The van der Waals surface area contributed by atoms with E-state index in [1.54, 1.807) is 6.07 Å². The van der Waals surface area contributed by atoms with Crippen molar-refractivity contribution >= 4 is 50.5 Å². The summed E-state index contributed by atoms with van der Waals surface area (Å²) in [5.41, 5.74) is 2.27. The lowest BCUT2D eigenvalue weighted by Crippen LogP contribution is -2.12. The van der Waals surface area contributed by atoms with Gasteiger partial charge >= 0.3 is 5.97 Å².